The van der Waals surface area contributed by atoms with Gasteiger partial charge in [-0.3, -0.25) is 9.59 Å². The number of hydrogen-bond donors (Lipinski definition) is 2. The smallest absolute Gasteiger partial charge is 0.330 e. The van der Waals surface area contributed by atoms with Crippen LogP contribution in [0, 0.1) is 0 Å². The Labute approximate surface area is 116 Å². The molecule has 20 heavy (non-hydrogen) atoms. The number of amides is 1. The van der Waals surface area contributed by atoms with Crippen molar-refractivity contribution in [3.05, 3.63) is 35.9 Å². The van der Waals surface area contributed by atoms with Gasteiger partial charge < -0.3 is 15.2 Å². The van der Waals surface area contributed by atoms with Gasteiger partial charge in [0.15, 0.2) is 6.04 Å². The molecule has 0 saturated carbocycles. The van der Waals surface area contributed by atoms with E-state index in [1.807, 2.05) is 30.3 Å². The third kappa shape index (κ3) is 4.81. The summed E-state index contributed by atoms with van der Waals surface area (Å²) in [7, 11) is 1.13. The lowest BCUT2D eigenvalue weighted by Gasteiger charge is -2.13. The van der Waals surface area contributed by atoms with Crippen LogP contribution < -0.4 is 5.32 Å². The molecule has 0 spiro atoms. The van der Waals surface area contributed by atoms with E-state index in [-0.39, 0.29) is 6.42 Å². The van der Waals surface area contributed by atoms with Crippen LogP contribution >= 0.6 is 0 Å². The summed E-state index contributed by atoms with van der Waals surface area (Å²) in [6.45, 7) is -0.621. The molecule has 0 heterocycles. The summed E-state index contributed by atoms with van der Waals surface area (Å²) in [5.41, 5.74) is 0.945. The van der Waals surface area contributed by atoms with Crippen LogP contribution in [0.1, 0.15) is 12.0 Å². The molecule has 1 unspecified atom stereocenters. The van der Waals surface area contributed by atoms with Crippen molar-refractivity contribution in [3.8, 4) is 0 Å². The first-order valence-electron chi connectivity index (χ1n) is 6.14. The number of nitrogens with one attached hydrogen (secondary N) is 1. The monoisotopic (exact) mass is 279 g/mol. The Morgan fingerprint density at radius 2 is 1.90 bits per heavy atom. The first-order chi connectivity index (χ1) is 9.58. The van der Waals surface area contributed by atoms with Crippen molar-refractivity contribution in [1.29, 1.82) is 0 Å². The number of Topliss-reactive ketones (excluding diaryl/α,β-unsaturated/α-hetero) is 1. The molecule has 0 fully saturated rings. The van der Waals surface area contributed by atoms with Crippen molar-refractivity contribution >= 4 is 17.7 Å². The Bertz CT molecular complexity index is 472. The van der Waals surface area contributed by atoms with E-state index in [0.717, 1.165) is 12.7 Å². The lowest BCUT2D eigenvalue weighted by molar-refractivity contribution is -0.147. The molecule has 0 aromatic heterocycles. The SMILES string of the molecule is COC(=O)C(CO)NC(=O)C(=O)CCc1ccccc1. The van der Waals surface area contributed by atoms with Gasteiger partial charge in [0.25, 0.3) is 5.91 Å². The molecule has 2 N–H and O–H groups in total. The molecule has 1 atom stereocenters. The third-order valence-corrected chi connectivity index (χ3v) is 2.71. The number of carbonyl (C=O) groups excluding carboxylic acids is 3. The molecule has 1 rings (SSSR count). The molecule has 6 nitrogen and oxygen atoms in total. The molecule has 0 aliphatic heterocycles. The van der Waals surface area contributed by atoms with E-state index in [4.69, 9.17) is 5.11 Å². The molecule has 1 amide bonds. The average molecular weight is 279 g/mol. The predicted molar refractivity (Wildman–Crippen MR) is 70.8 cm³/mol. The van der Waals surface area contributed by atoms with E-state index in [1.54, 1.807) is 0 Å². The van der Waals surface area contributed by atoms with Gasteiger partial charge in [0.1, 0.15) is 0 Å². The predicted octanol–water partition coefficient (Wildman–Crippen LogP) is -0.162. The van der Waals surface area contributed by atoms with E-state index in [0.29, 0.717) is 6.42 Å². The third-order valence-electron chi connectivity index (χ3n) is 2.71. The first kappa shape index (κ1) is 15.8. The lowest BCUT2D eigenvalue weighted by atomic mass is 10.1. The molecule has 6 heteroatoms. The van der Waals surface area contributed by atoms with Crippen molar-refractivity contribution in [1.82, 2.24) is 5.32 Å². The number of benzene rings is 1. The lowest BCUT2D eigenvalue weighted by Crippen LogP contribution is -2.46. The van der Waals surface area contributed by atoms with Crippen LogP contribution in [0.2, 0.25) is 0 Å². The second kappa shape index (κ2) is 8.06. The highest BCUT2D eigenvalue weighted by molar-refractivity contribution is 6.36. The normalized spacial score (nSPS) is 11.5. The highest BCUT2D eigenvalue weighted by Crippen LogP contribution is 2.03. The van der Waals surface area contributed by atoms with E-state index in [1.165, 1.54) is 0 Å². The maximum absolute atomic E-state index is 11.6. The standard InChI is InChI=1S/C14H17NO5/c1-20-14(19)11(9-16)15-13(18)12(17)8-7-10-5-3-2-4-6-10/h2-6,11,16H,7-9H2,1H3,(H,15,18). The van der Waals surface area contributed by atoms with E-state index in [9.17, 15) is 14.4 Å². The summed E-state index contributed by atoms with van der Waals surface area (Å²) < 4.78 is 4.39. The van der Waals surface area contributed by atoms with Gasteiger partial charge >= 0.3 is 5.97 Å². The second-order valence-electron chi connectivity index (χ2n) is 4.14. The van der Waals surface area contributed by atoms with Gasteiger partial charge in [-0.1, -0.05) is 30.3 Å². The van der Waals surface area contributed by atoms with Crippen molar-refractivity contribution in [2.24, 2.45) is 0 Å². The number of ketones is 1. The zero-order valence-electron chi connectivity index (χ0n) is 11.2. The van der Waals surface area contributed by atoms with Crippen LogP contribution in [0.5, 0.6) is 0 Å². The number of hydrogen-bond acceptors (Lipinski definition) is 5. The fourth-order valence-electron chi connectivity index (χ4n) is 1.58. The Morgan fingerprint density at radius 3 is 2.45 bits per heavy atom. The number of rotatable bonds is 7. The van der Waals surface area contributed by atoms with Crippen LogP contribution in [0.4, 0.5) is 0 Å². The topological polar surface area (TPSA) is 92.7 Å². The van der Waals surface area contributed by atoms with E-state index >= 15 is 0 Å². The Morgan fingerprint density at radius 1 is 1.25 bits per heavy atom. The van der Waals surface area contributed by atoms with Crippen LogP contribution in [-0.4, -0.2) is 42.5 Å². The summed E-state index contributed by atoms with van der Waals surface area (Å²) in [5.74, 6) is -2.33. The summed E-state index contributed by atoms with van der Waals surface area (Å²) in [6.07, 6.45) is 0.476. The first-order valence-corrected chi connectivity index (χ1v) is 6.14. The molecule has 0 radical (unpaired) electrons. The molecule has 1 aromatic carbocycles. The number of aliphatic hydroxyl groups is 1. The molecule has 0 aliphatic carbocycles. The molecular formula is C14H17NO5. The number of methoxy groups -OCH3 is 1. The number of esters is 1. The van der Waals surface area contributed by atoms with Crippen LogP contribution in [0.25, 0.3) is 0 Å². The minimum Gasteiger partial charge on any atom is -0.467 e. The van der Waals surface area contributed by atoms with Gasteiger partial charge in [0.05, 0.1) is 13.7 Å². The second-order valence-corrected chi connectivity index (χ2v) is 4.14. The van der Waals surface area contributed by atoms with Crippen molar-refractivity contribution in [2.45, 2.75) is 18.9 Å². The van der Waals surface area contributed by atoms with Crippen LogP contribution in [-0.2, 0) is 25.5 Å². The van der Waals surface area contributed by atoms with Crippen molar-refractivity contribution in [2.75, 3.05) is 13.7 Å². The fraction of sp³-hybridized carbons (Fsp3) is 0.357. The number of aryl methyl sites for hydroxylation is 1. The summed E-state index contributed by atoms with van der Waals surface area (Å²) in [4.78, 5) is 34.4. The number of aliphatic hydroxyl groups excluding tert-OH is 1. The summed E-state index contributed by atoms with van der Waals surface area (Å²) >= 11 is 0. The van der Waals surface area contributed by atoms with Gasteiger partial charge in [-0.15, -0.1) is 0 Å². The van der Waals surface area contributed by atoms with Gasteiger partial charge in [0.2, 0.25) is 5.78 Å². The maximum atomic E-state index is 11.6. The fourth-order valence-corrected chi connectivity index (χ4v) is 1.58. The molecular weight excluding hydrogens is 262 g/mol. The average Bonchev–Trinajstić information content (AvgIpc) is 2.50. The molecule has 0 aliphatic rings. The van der Waals surface area contributed by atoms with Crippen molar-refractivity contribution in [3.63, 3.8) is 0 Å². The zero-order chi connectivity index (χ0) is 15.0. The molecule has 0 saturated heterocycles. The number of carbonyl (C=O) groups is 3. The quantitative estimate of drug-likeness (QED) is 0.534. The minimum atomic E-state index is -1.21. The van der Waals surface area contributed by atoms with E-state index in [2.05, 4.69) is 10.1 Å². The van der Waals surface area contributed by atoms with Gasteiger partial charge in [0, 0.05) is 6.42 Å². The zero-order valence-corrected chi connectivity index (χ0v) is 11.2. The Balaban J connectivity index is 2.46. The molecule has 1 aromatic rings. The Hall–Kier alpha value is -2.21. The van der Waals surface area contributed by atoms with Crippen LogP contribution in [0.3, 0.4) is 0 Å². The van der Waals surface area contributed by atoms with E-state index < -0.39 is 30.3 Å². The van der Waals surface area contributed by atoms with Crippen LogP contribution in [0.15, 0.2) is 30.3 Å². The summed E-state index contributed by atoms with van der Waals surface area (Å²) in [5, 5.41) is 11.1. The maximum Gasteiger partial charge on any atom is 0.330 e. The Kier molecular flexibility index (Phi) is 6.39. The van der Waals surface area contributed by atoms with Gasteiger partial charge in [-0.05, 0) is 12.0 Å². The highest BCUT2D eigenvalue weighted by atomic mass is 16.5. The minimum absolute atomic E-state index is 0.0369. The van der Waals surface area contributed by atoms with Crippen molar-refractivity contribution < 1.29 is 24.2 Å². The number of ether oxygens (including phenoxy) is 1. The molecule has 108 valence electrons. The van der Waals surface area contributed by atoms with Gasteiger partial charge in [-0.25, -0.2) is 4.79 Å². The summed E-state index contributed by atoms with van der Waals surface area (Å²) in [6, 6.07) is 8.05. The largest absolute Gasteiger partial charge is 0.467 e. The van der Waals surface area contributed by atoms with Gasteiger partial charge in [-0.2, -0.15) is 0 Å². The highest BCUT2D eigenvalue weighted by Gasteiger charge is 2.23. The molecule has 0 bridgehead atoms.